The molecule has 6 heteroatoms. The number of amides is 1. The number of hydrogen-bond acceptors (Lipinski definition) is 4. The number of carboxylic acid groups (broad SMARTS) is 1. The van der Waals surface area contributed by atoms with Crippen LogP contribution in [0.1, 0.15) is 26.2 Å². The summed E-state index contributed by atoms with van der Waals surface area (Å²) in [5.74, 6) is -1.49. The Morgan fingerprint density at radius 2 is 2.06 bits per heavy atom. The molecule has 16 heavy (non-hydrogen) atoms. The molecule has 0 aromatic carbocycles. The van der Waals surface area contributed by atoms with Crippen LogP contribution in [0.3, 0.4) is 0 Å². The van der Waals surface area contributed by atoms with Gasteiger partial charge in [0.2, 0.25) is 5.91 Å². The molecule has 0 aliphatic carbocycles. The summed E-state index contributed by atoms with van der Waals surface area (Å²) in [6.07, 6.45) is 1.06. The molecule has 4 N–H and O–H groups in total. The third kappa shape index (κ3) is 2.70. The summed E-state index contributed by atoms with van der Waals surface area (Å²) in [5, 5.41) is 18.2. The van der Waals surface area contributed by atoms with Gasteiger partial charge in [0.05, 0.1) is 6.10 Å². The van der Waals surface area contributed by atoms with E-state index in [1.165, 1.54) is 11.8 Å². The highest BCUT2D eigenvalue weighted by molar-refractivity contribution is 5.87. The topological polar surface area (TPSA) is 104 Å². The number of rotatable bonds is 3. The van der Waals surface area contributed by atoms with Gasteiger partial charge in [-0.2, -0.15) is 0 Å². The van der Waals surface area contributed by atoms with Crippen molar-refractivity contribution in [2.75, 3.05) is 6.54 Å². The minimum absolute atomic E-state index is 0.399. The van der Waals surface area contributed by atoms with Gasteiger partial charge in [0.1, 0.15) is 12.1 Å². The number of aliphatic hydroxyl groups is 1. The second-order valence-electron chi connectivity index (χ2n) is 4.15. The molecule has 1 aliphatic rings. The molecular formula is C10H18N2O4. The van der Waals surface area contributed by atoms with Crippen LogP contribution in [0.15, 0.2) is 0 Å². The molecular weight excluding hydrogens is 212 g/mol. The standard InChI is InChI=1S/C10H18N2O4/c1-6(13)8(11)9(14)12-5-3-2-4-7(12)10(15)16/h6-8,13H,2-5,11H2,1H3,(H,15,16)/t6-,7+,8+/m1/s1. The van der Waals surface area contributed by atoms with E-state index < -0.39 is 30.1 Å². The van der Waals surface area contributed by atoms with Crippen molar-refractivity contribution in [3.8, 4) is 0 Å². The van der Waals surface area contributed by atoms with Crippen molar-refractivity contribution in [3.05, 3.63) is 0 Å². The van der Waals surface area contributed by atoms with E-state index in [-0.39, 0.29) is 0 Å². The monoisotopic (exact) mass is 230 g/mol. The molecule has 1 heterocycles. The van der Waals surface area contributed by atoms with Crippen LogP contribution in [-0.2, 0) is 9.59 Å². The molecule has 3 atom stereocenters. The third-order valence-electron chi connectivity index (χ3n) is 2.88. The largest absolute Gasteiger partial charge is 0.480 e. The van der Waals surface area contributed by atoms with E-state index in [0.717, 1.165) is 12.8 Å². The number of nitrogens with zero attached hydrogens (tertiary/aromatic N) is 1. The summed E-state index contributed by atoms with van der Waals surface area (Å²) < 4.78 is 0. The van der Waals surface area contributed by atoms with E-state index >= 15 is 0 Å². The summed E-state index contributed by atoms with van der Waals surface area (Å²) >= 11 is 0. The van der Waals surface area contributed by atoms with E-state index in [1.54, 1.807) is 0 Å². The smallest absolute Gasteiger partial charge is 0.326 e. The average Bonchev–Trinajstić information content (AvgIpc) is 2.26. The molecule has 0 saturated carbocycles. The maximum absolute atomic E-state index is 11.8. The minimum atomic E-state index is -1.04. The van der Waals surface area contributed by atoms with Gasteiger partial charge in [0.25, 0.3) is 0 Å². The molecule has 1 rings (SSSR count). The zero-order valence-corrected chi connectivity index (χ0v) is 9.30. The maximum atomic E-state index is 11.8. The Morgan fingerprint density at radius 3 is 2.56 bits per heavy atom. The highest BCUT2D eigenvalue weighted by Gasteiger charge is 2.35. The fourth-order valence-electron chi connectivity index (χ4n) is 1.85. The molecule has 0 aromatic rings. The van der Waals surface area contributed by atoms with E-state index in [9.17, 15) is 14.7 Å². The van der Waals surface area contributed by atoms with Crippen molar-refractivity contribution < 1.29 is 19.8 Å². The second-order valence-corrected chi connectivity index (χ2v) is 4.15. The average molecular weight is 230 g/mol. The van der Waals surface area contributed by atoms with Crippen LogP contribution in [0.25, 0.3) is 0 Å². The number of aliphatic hydroxyl groups excluding tert-OH is 1. The highest BCUT2D eigenvalue weighted by atomic mass is 16.4. The van der Waals surface area contributed by atoms with Crippen LogP contribution >= 0.6 is 0 Å². The van der Waals surface area contributed by atoms with Gasteiger partial charge >= 0.3 is 5.97 Å². The van der Waals surface area contributed by atoms with Crippen LogP contribution in [0, 0.1) is 0 Å². The van der Waals surface area contributed by atoms with Crippen molar-refractivity contribution >= 4 is 11.9 Å². The number of nitrogens with two attached hydrogens (primary N) is 1. The van der Waals surface area contributed by atoms with E-state index in [1.807, 2.05) is 0 Å². The molecule has 1 amide bonds. The van der Waals surface area contributed by atoms with Gasteiger partial charge in [0.15, 0.2) is 0 Å². The first-order valence-electron chi connectivity index (χ1n) is 5.42. The molecule has 1 aliphatic heterocycles. The lowest BCUT2D eigenvalue weighted by molar-refractivity contribution is -0.153. The van der Waals surface area contributed by atoms with E-state index in [0.29, 0.717) is 13.0 Å². The molecule has 0 spiro atoms. The van der Waals surface area contributed by atoms with E-state index in [4.69, 9.17) is 10.8 Å². The first kappa shape index (κ1) is 12.9. The Balaban J connectivity index is 2.75. The molecule has 0 unspecified atom stereocenters. The number of aliphatic carboxylic acids is 1. The van der Waals surface area contributed by atoms with Gasteiger partial charge in [0, 0.05) is 6.54 Å². The minimum Gasteiger partial charge on any atom is -0.480 e. The lowest BCUT2D eigenvalue weighted by Crippen LogP contribution is -2.56. The molecule has 92 valence electrons. The van der Waals surface area contributed by atoms with Crippen molar-refractivity contribution in [1.29, 1.82) is 0 Å². The molecule has 0 radical (unpaired) electrons. The zero-order chi connectivity index (χ0) is 12.3. The fraction of sp³-hybridized carbons (Fsp3) is 0.800. The van der Waals surface area contributed by atoms with Gasteiger partial charge in [-0.25, -0.2) is 4.79 Å². The normalized spacial score (nSPS) is 24.9. The first-order valence-corrected chi connectivity index (χ1v) is 5.42. The lowest BCUT2D eigenvalue weighted by Gasteiger charge is -2.35. The quantitative estimate of drug-likeness (QED) is 0.586. The van der Waals surface area contributed by atoms with Crippen molar-refractivity contribution in [1.82, 2.24) is 4.90 Å². The van der Waals surface area contributed by atoms with Crippen LogP contribution in [0.4, 0.5) is 0 Å². The Morgan fingerprint density at radius 1 is 1.44 bits per heavy atom. The molecule has 0 aromatic heterocycles. The third-order valence-corrected chi connectivity index (χ3v) is 2.88. The van der Waals surface area contributed by atoms with Gasteiger partial charge in [-0.3, -0.25) is 4.79 Å². The molecule has 1 saturated heterocycles. The highest BCUT2D eigenvalue weighted by Crippen LogP contribution is 2.18. The van der Waals surface area contributed by atoms with Crippen LogP contribution in [0.5, 0.6) is 0 Å². The number of carboxylic acids is 1. The summed E-state index contributed by atoms with van der Waals surface area (Å²) in [6, 6.07) is -1.84. The van der Waals surface area contributed by atoms with Gasteiger partial charge in [-0.1, -0.05) is 0 Å². The number of likely N-dealkylation sites (tertiary alicyclic amines) is 1. The molecule has 6 nitrogen and oxygen atoms in total. The summed E-state index contributed by atoms with van der Waals surface area (Å²) in [6.45, 7) is 1.82. The van der Waals surface area contributed by atoms with E-state index in [2.05, 4.69) is 0 Å². The van der Waals surface area contributed by atoms with Crippen LogP contribution in [-0.4, -0.2) is 51.7 Å². The molecule has 0 bridgehead atoms. The maximum Gasteiger partial charge on any atom is 0.326 e. The van der Waals surface area contributed by atoms with Gasteiger partial charge in [-0.05, 0) is 26.2 Å². The van der Waals surface area contributed by atoms with Gasteiger partial charge < -0.3 is 20.8 Å². The number of hydrogen-bond donors (Lipinski definition) is 3. The predicted molar refractivity (Wildman–Crippen MR) is 56.6 cm³/mol. The lowest BCUT2D eigenvalue weighted by atomic mass is 10.0. The zero-order valence-electron chi connectivity index (χ0n) is 9.30. The van der Waals surface area contributed by atoms with Crippen molar-refractivity contribution in [3.63, 3.8) is 0 Å². The number of carbonyl (C=O) groups excluding carboxylic acids is 1. The fourth-order valence-corrected chi connectivity index (χ4v) is 1.85. The first-order chi connectivity index (χ1) is 7.45. The van der Waals surface area contributed by atoms with Crippen molar-refractivity contribution in [2.45, 2.75) is 44.4 Å². The SMILES string of the molecule is C[C@@H](O)[C@H](N)C(=O)N1CCCC[C@H]1C(=O)O. The Bertz CT molecular complexity index is 280. The number of carbonyl (C=O) groups is 2. The van der Waals surface area contributed by atoms with Gasteiger partial charge in [-0.15, -0.1) is 0 Å². The summed E-state index contributed by atoms with van der Waals surface area (Å²) in [4.78, 5) is 24.1. The summed E-state index contributed by atoms with van der Waals surface area (Å²) in [7, 11) is 0. The number of piperidine rings is 1. The summed E-state index contributed by atoms with van der Waals surface area (Å²) in [5.41, 5.74) is 5.52. The Labute approximate surface area is 94.0 Å². The van der Waals surface area contributed by atoms with Crippen LogP contribution in [0.2, 0.25) is 0 Å². The van der Waals surface area contributed by atoms with Crippen molar-refractivity contribution in [2.24, 2.45) is 5.73 Å². The Hall–Kier alpha value is -1.14. The Kier molecular flexibility index (Phi) is 4.26. The second kappa shape index (κ2) is 5.27. The van der Waals surface area contributed by atoms with Crippen LogP contribution < -0.4 is 5.73 Å². The molecule has 1 fully saturated rings. The predicted octanol–water partition coefficient (Wildman–Crippen LogP) is -0.840.